The Labute approximate surface area is 75.1 Å². The molecular weight excluding hydrogens is 160 g/mol. The van der Waals surface area contributed by atoms with Crippen LogP contribution in [-0.4, -0.2) is 50.9 Å². The Bertz CT molecular complexity index is 38.0. The van der Waals surface area contributed by atoms with Crippen LogP contribution in [0.5, 0.6) is 0 Å². The zero-order valence-electron chi connectivity index (χ0n) is 8.54. The third-order valence-corrected chi connectivity index (χ3v) is 0.508. The molecule has 0 rings (SSSR count). The molecular formula is C8H22O4. The van der Waals surface area contributed by atoms with E-state index in [1.165, 1.54) is 0 Å². The summed E-state index contributed by atoms with van der Waals surface area (Å²) < 4.78 is 9.08. The number of hydrogen-bond donors (Lipinski definition) is 2. The van der Waals surface area contributed by atoms with Crippen LogP contribution >= 0.6 is 0 Å². The molecule has 0 saturated heterocycles. The second-order valence-corrected chi connectivity index (χ2v) is 1.64. The summed E-state index contributed by atoms with van der Waals surface area (Å²) in [6.45, 7) is 5.42. The molecule has 0 aliphatic carbocycles. The van der Waals surface area contributed by atoms with Crippen LogP contribution in [0.3, 0.4) is 0 Å². The number of hydrogen-bond acceptors (Lipinski definition) is 4. The van der Waals surface area contributed by atoms with Crippen molar-refractivity contribution in [1.82, 2.24) is 0 Å². The van der Waals surface area contributed by atoms with Crippen molar-refractivity contribution in [3.63, 3.8) is 0 Å². The highest BCUT2D eigenvalue weighted by atomic mass is 16.5. The van der Waals surface area contributed by atoms with E-state index in [-0.39, 0.29) is 13.2 Å². The fraction of sp³-hybridized carbons (Fsp3) is 1.00. The molecule has 0 radical (unpaired) electrons. The smallest absolute Gasteiger partial charge is 0.0662 e. The summed E-state index contributed by atoms with van der Waals surface area (Å²) >= 11 is 0. The number of ether oxygens (including phenoxy) is 2. The second kappa shape index (κ2) is 30.8. The summed E-state index contributed by atoms with van der Waals surface area (Å²) in [6, 6.07) is 0. The van der Waals surface area contributed by atoms with Crippen molar-refractivity contribution in [3.8, 4) is 0 Å². The first-order chi connectivity index (χ1) is 5.74. The number of aliphatic hydroxyl groups excluding tert-OH is 2. The fourth-order valence-electron chi connectivity index (χ4n) is 0.204. The molecule has 0 amide bonds. The molecule has 0 aliphatic heterocycles. The van der Waals surface area contributed by atoms with Gasteiger partial charge in [0, 0.05) is 27.4 Å². The normalized spacial score (nSPS) is 7.50. The van der Waals surface area contributed by atoms with Gasteiger partial charge >= 0.3 is 0 Å². The molecule has 0 heterocycles. The van der Waals surface area contributed by atoms with E-state index in [0.717, 1.165) is 13.2 Å². The first-order valence-corrected chi connectivity index (χ1v) is 3.94. The molecule has 78 valence electrons. The Morgan fingerprint density at radius 1 is 0.917 bits per heavy atom. The van der Waals surface area contributed by atoms with Gasteiger partial charge in [0.05, 0.1) is 13.2 Å². The number of aliphatic hydroxyl groups is 2. The van der Waals surface area contributed by atoms with Crippen LogP contribution in [0.15, 0.2) is 0 Å². The van der Waals surface area contributed by atoms with E-state index in [1.54, 1.807) is 14.2 Å². The number of rotatable bonds is 3. The second-order valence-electron chi connectivity index (χ2n) is 1.64. The van der Waals surface area contributed by atoms with Gasteiger partial charge in [-0.25, -0.2) is 0 Å². The van der Waals surface area contributed by atoms with E-state index in [4.69, 9.17) is 14.9 Å². The van der Waals surface area contributed by atoms with Crippen LogP contribution in [0.1, 0.15) is 13.8 Å². The maximum atomic E-state index is 7.62. The average molecular weight is 182 g/mol. The molecule has 0 unspecified atom stereocenters. The molecule has 0 atom stereocenters. The predicted octanol–water partition coefficient (Wildman–Crippen LogP) is 0.276. The van der Waals surface area contributed by atoms with Gasteiger partial charge in [0.15, 0.2) is 0 Å². The van der Waals surface area contributed by atoms with Gasteiger partial charge in [-0.2, -0.15) is 0 Å². The minimum absolute atomic E-state index is 0.125. The van der Waals surface area contributed by atoms with Crippen molar-refractivity contribution >= 4 is 0 Å². The molecule has 4 nitrogen and oxygen atoms in total. The Balaban J connectivity index is -0.000000105. The Hall–Kier alpha value is -0.160. The molecule has 0 saturated carbocycles. The van der Waals surface area contributed by atoms with Gasteiger partial charge in [-0.3, -0.25) is 0 Å². The molecule has 4 heteroatoms. The highest BCUT2D eigenvalue weighted by molar-refractivity contribution is 4.07. The van der Waals surface area contributed by atoms with Crippen LogP contribution in [0, 0.1) is 0 Å². The standard InChI is InChI=1S/C4H10O.C2H6O2.C2H6O/c1-3-5-4-2;3-1-2-4;1-3-2/h3-4H2,1-2H3;3-4H,1-2H2;1-2H3. The van der Waals surface area contributed by atoms with Crippen molar-refractivity contribution in [2.24, 2.45) is 0 Å². The van der Waals surface area contributed by atoms with E-state index in [9.17, 15) is 0 Å². The predicted molar refractivity (Wildman–Crippen MR) is 49.3 cm³/mol. The molecule has 2 N–H and O–H groups in total. The fourth-order valence-corrected chi connectivity index (χ4v) is 0.204. The molecule has 12 heavy (non-hydrogen) atoms. The lowest BCUT2D eigenvalue weighted by Gasteiger charge is -1.86. The SMILES string of the molecule is CCOCC.COC.OCCO. The summed E-state index contributed by atoms with van der Waals surface area (Å²) in [6.07, 6.45) is 0. The first kappa shape index (κ1) is 17.8. The zero-order valence-corrected chi connectivity index (χ0v) is 8.54. The van der Waals surface area contributed by atoms with E-state index < -0.39 is 0 Å². The van der Waals surface area contributed by atoms with Gasteiger partial charge in [0.25, 0.3) is 0 Å². The quantitative estimate of drug-likeness (QED) is 0.658. The molecule has 0 spiro atoms. The summed E-state index contributed by atoms with van der Waals surface area (Å²) in [7, 11) is 3.25. The third kappa shape index (κ3) is 95.3. The maximum absolute atomic E-state index is 7.62. The van der Waals surface area contributed by atoms with Crippen molar-refractivity contribution in [3.05, 3.63) is 0 Å². The zero-order chi connectivity index (χ0) is 10.2. The minimum Gasteiger partial charge on any atom is -0.394 e. The first-order valence-electron chi connectivity index (χ1n) is 3.94. The molecule has 0 aromatic heterocycles. The van der Waals surface area contributed by atoms with Gasteiger partial charge < -0.3 is 19.7 Å². The van der Waals surface area contributed by atoms with Crippen molar-refractivity contribution in [2.45, 2.75) is 13.8 Å². The van der Waals surface area contributed by atoms with Crippen molar-refractivity contribution in [2.75, 3.05) is 40.6 Å². The monoisotopic (exact) mass is 182 g/mol. The van der Waals surface area contributed by atoms with Gasteiger partial charge in [-0.1, -0.05) is 0 Å². The topological polar surface area (TPSA) is 58.9 Å². The summed E-state index contributed by atoms with van der Waals surface area (Å²) in [5, 5.41) is 15.2. The Kier molecular flexibility index (Phi) is 45.7. The maximum Gasteiger partial charge on any atom is 0.0662 e. The summed E-state index contributed by atoms with van der Waals surface area (Å²) in [5.41, 5.74) is 0. The minimum atomic E-state index is -0.125. The molecule has 0 fully saturated rings. The van der Waals surface area contributed by atoms with Crippen LogP contribution < -0.4 is 0 Å². The van der Waals surface area contributed by atoms with E-state index in [1.807, 2.05) is 13.8 Å². The van der Waals surface area contributed by atoms with Crippen LogP contribution in [-0.2, 0) is 9.47 Å². The molecule has 0 bridgehead atoms. The average Bonchev–Trinajstić information content (AvgIpc) is 2.08. The van der Waals surface area contributed by atoms with Crippen molar-refractivity contribution < 1.29 is 19.7 Å². The molecule has 0 aromatic rings. The van der Waals surface area contributed by atoms with Crippen molar-refractivity contribution in [1.29, 1.82) is 0 Å². The number of methoxy groups -OCH3 is 1. The highest BCUT2D eigenvalue weighted by Gasteiger charge is 1.64. The van der Waals surface area contributed by atoms with Crippen LogP contribution in [0.25, 0.3) is 0 Å². The van der Waals surface area contributed by atoms with Gasteiger partial charge in [0.1, 0.15) is 0 Å². The van der Waals surface area contributed by atoms with E-state index in [0.29, 0.717) is 0 Å². The summed E-state index contributed by atoms with van der Waals surface area (Å²) in [4.78, 5) is 0. The molecule has 0 aliphatic rings. The van der Waals surface area contributed by atoms with Gasteiger partial charge in [0.2, 0.25) is 0 Å². The molecule has 0 aromatic carbocycles. The van der Waals surface area contributed by atoms with E-state index >= 15 is 0 Å². The Morgan fingerprint density at radius 2 is 1.17 bits per heavy atom. The Morgan fingerprint density at radius 3 is 1.17 bits per heavy atom. The van der Waals surface area contributed by atoms with Crippen LogP contribution in [0.2, 0.25) is 0 Å². The van der Waals surface area contributed by atoms with Gasteiger partial charge in [-0.05, 0) is 13.8 Å². The van der Waals surface area contributed by atoms with Crippen LogP contribution in [0.4, 0.5) is 0 Å². The lowest BCUT2D eigenvalue weighted by atomic mass is 10.8. The third-order valence-electron chi connectivity index (χ3n) is 0.508. The van der Waals surface area contributed by atoms with Gasteiger partial charge in [-0.15, -0.1) is 0 Å². The highest BCUT2D eigenvalue weighted by Crippen LogP contribution is 1.64. The lowest BCUT2D eigenvalue weighted by molar-refractivity contribution is 0.162. The van der Waals surface area contributed by atoms with E-state index in [2.05, 4.69) is 4.74 Å². The summed E-state index contributed by atoms with van der Waals surface area (Å²) in [5.74, 6) is 0. The lowest BCUT2D eigenvalue weighted by Crippen LogP contribution is -1.85. The largest absolute Gasteiger partial charge is 0.394 e.